The SMILES string of the molecule is CN1CC(c2ccc(NC(=O)c3ccc(C(=O)Nc4ccc(C5CN(C(=N)N)C5)cc4)cc3)cc2)C1. The molecule has 184 valence electrons. The second kappa shape index (κ2) is 9.83. The van der Waals surface area contributed by atoms with Crippen LogP contribution in [0, 0.1) is 5.41 Å². The highest BCUT2D eigenvalue weighted by molar-refractivity contribution is 6.07. The van der Waals surface area contributed by atoms with Crippen LogP contribution >= 0.6 is 0 Å². The zero-order chi connectivity index (χ0) is 25.2. The highest BCUT2D eigenvalue weighted by Gasteiger charge is 2.28. The molecule has 2 fully saturated rings. The van der Waals surface area contributed by atoms with Crippen molar-refractivity contribution in [1.82, 2.24) is 9.80 Å². The summed E-state index contributed by atoms with van der Waals surface area (Å²) in [5.74, 6) is 0.564. The molecule has 0 atom stereocenters. The van der Waals surface area contributed by atoms with E-state index >= 15 is 0 Å². The average molecular weight is 483 g/mol. The second-order valence-electron chi connectivity index (χ2n) is 9.63. The summed E-state index contributed by atoms with van der Waals surface area (Å²) >= 11 is 0. The third kappa shape index (κ3) is 5.08. The highest BCUT2D eigenvalue weighted by Crippen LogP contribution is 2.28. The molecule has 5 rings (SSSR count). The van der Waals surface area contributed by atoms with Gasteiger partial charge in [0.05, 0.1) is 0 Å². The smallest absolute Gasteiger partial charge is 0.255 e. The lowest BCUT2D eigenvalue weighted by molar-refractivity contribution is 0.101. The standard InChI is InChI=1S/C28H30N6O2/c1-33-14-22(15-33)18-6-10-24(11-7-18)31-26(35)20-2-4-21(5-3-20)27(36)32-25-12-8-19(9-13-25)23-16-34(17-23)28(29)30/h2-13,22-23H,14-17H2,1H3,(H3,29,30)(H,31,35)(H,32,36). The third-order valence-electron chi connectivity index (χ3n) is 6.98. The van der Waals surface area contributed by atoms with Gasteiger partial charge in [0.25, 0.3) is 11.8 Å². The second-order valence-corrected chi connectivity index (χ2v) is 9.63. The number of anilines is 2. The van der Waals surface area contributed by atoms with E-state index in [0.717, 1.165) is 37.4 Å². The van der Waals surface area contributed by atoms with Crippen molar-refractivity contribution in [3.05, 3.63) is 95.1 Å². The van der Waals surface area contributed by atoms with Gasteiger partial charge >= 0.3 is 0 Å². The molecule has 8 nitrogen and oxygen atoms in total. The van der Waals surface area contributed by atoms with Crippen LogP contribution in [-0.4, -0.2) is 60.8 Å². The van der Waals surface area contributed by atoms with E-state index in [1.807, 2.05) is 41.3 Å². The topological polar surface area (TPSA) is 115 Å². The van der Waals surface area contributed by atoms with E-state index in [9.17, 15) is 9.59 Å². The summed E-state index contributed by atoms with van der Waals surface area (Å²) in [6.07, 6.45) is 0. The molecular weight excluding hydrogens is 452 g/mol. The third-order valence-corrected chi connectivity index (χ3v) is 6.98. The molecule has 0 unspecified atom stereocenters. The molecular formula is C28H30N6O2. The zero-order valence-corrected chi connectivity index (χ0v) is 20.2. The van der Waals surface area contributed by atoms with E-state index in [2.05, 4.69) is 34.7 Å². The summed E-state index contributed by atoms with van der Waals surface area (Å²) in [5, 5.41) is 13.3. The van der Waals surface area contributed by atoms with Crippen molar-refractivity contribution in [1.29, 1.82) is 5.41 Å². The normalized spacial score (nSPS) is 16.1. The predicted octanol–water partition coefficient (Wildman–Crippen LogP) is 3.51. The molecule has 0 spiro atoms. The molecule has 2 heterocycles. The van der Waals surface area contributed by atoms with Gasteiger partial charge in [-0.25, -0.2) is 0 Å². The molecule has 0 radical (unpaired) electrons. The number of likely N-dealkylation sites (tertiary alicyclic amines) is 2. The van der Waals surface area contributed by atoms with Gasteiger partial charge in [-0.15, -0.1) is 0 Å². The molecule has 5 N–H and O–H groups in total. The number of amides is 2. The molecule has 3 aromatic carbocycles. The lowest BCUT2D eigenvalue weighted by Crippen LogP contribution is -2.51. The number of hydrogen-bond donors (Lipinski definition) is 4. The molecule has 0 aliphatic carbocycles. The summed E-state index contributed by atoms with van der Waals surface area (Å²) < 4.78 is 0. The number of guanidine groups is 1. The van der Waals surface area contributed by atoms with Gasteiger partial charge in [0.1, 0.15) is 0 Å². The lowest BCUT2D eigenvalue weighted by Gasteiger charge is -2.39. The van der Waals surface area contributed by atoms with Crippen molar-refractivity contribution < 1.29 is 9.59 Å². The number of hydrogen-bond acceptors (Lipinski definition) is 4. The Morgan fingerprint density at radius 2 is 1.11 bits per heavy atom. The van der Waals surface area contributed by atoms with E-state index in [1.165, 1.54) is 5.56 Å². The maximum absolute atomic E-state index is 12.7. The number of benzene rings is 3. The number of carbonyl (C=O) groups is 2. The van der Waals surface area contributed by atoms with Crippen LogP contribution in [0.4, 0.5) is 11.4 Å². The molecule has 2 amide bonds. The van der Waals surface area contributed by atoms with Gasteiger partial charge in [0.2, 0.25) is 0 Å². The summed E-state index contributed by atoms with van der Waals surface area (Å²) in [4.78, 5) is 29.4. The van der Waals surface area contributed by atoms with Crippen molar-refractivity contribution >= 4 is 29.1 Å². The number of carbonyl (C=O) groups excluding carboxylic acids is 2. The number of nitrogens with zero attached hydrogens (tertiary/aromatic N) is 2. The molecule has 2 aliphatic heterocycles. The number of likely N-dealkylation sites (N-methyl/N-ethyl adjacent to an activating group) is 1. The average Bonchev–Trinajstić information content (AvgIpc) is 2.82. The Kier molecular flexibility index (Phi) is 6.43. The first-order valence-corrected chi connectivity index (χ1v) is 12.1. The van der Waals surface area contributed by atoms with Crippen LogP contribution in [0.1, 0.15) is 43.7 Å². The predicted molar refractivity (Wildman–Crippen MR) is 142 cm³/mol. The molecule has 0 saturated carbocycles. The monoisotopic (exact) mass is 482 g/mol. The Labute approximate surface area is 210 Å². The van der Waals surface area contributed by atoms with Crippen LogP contribution in [0.25, 0.3) is 0 Å². The van der Waals surface area contributed by atoms with Gasteiger partial charge in [-0.2, -0.15) is 0 Å². The van der Waals surface area contributed by atoms with Crippen molar-refractivity contribution in [2.75, 3.05) is 43.9 Å². The Balaban J connectivity index is 1.13. The quantitative estimate of drug-likeness (QED) is 0.317. The van der Waals surface area contributed by atoms with Crippen LogP contribution in [0.3, 0.4) is 0 Å². The fraction of sp³-hybridized carbons (Fsp3) is 0.250. The Morgan fingerprint density at radius 1 is 0.722 bits per heavy atom. The van der Waals surface area contributed by atoms with Crippen molar-refractivity contribution in [2.45, 2.75) is 11.8 Å². The summed E-state index contributed by atoms with van der Waals surface area (Å²) in [7, 11) is 2.11. The molecule has 0 bridgehead atoms. The first kappa shape index (κ1) is 23.6. The van der Waals surface area contributed by atoms with Crippen LogP contribution in [0.15, 0.2) is 72.8 Å². The maximum atomic E-state index is 12.7. The molecule has 0 aromatic heterocycles. The lowest BCUT2D eigenvalue weighted by atomic mass is 9.91. The summed E-state index contributed by atoms with van der Waals surface area (Å²) in [6, 6.07) is 22.3. The number of nitrogens with one attached hydrogen (secondary N) is 3. The fourth-order valence-corrected chi connectivity index (χ4v) is 4.65. The first-order chi connectivity index (χ1) is 17.4. The molecule has 2 saturated heterocycles. The van der Waals surface area contributed by atoms with E-state index in [-0.39, 0.29) is 17.8 Å². The Morgan fingerprint density at radius 3 is 1.47 bits per heavy atom. The fourth-order valence-electron chi connectivity index (χ4n) is 4.65. The minimum Gasteiger partial charge on any atom is -0.370 e. The molecule has 2 aliphatic rings. The summed E-state index contributed by atoms with van der Waals surface area (Å²) in [6.45, 7) is 3.62. The van der Waals surface area contributed by atoms with E-state index in [0.29, 0.717) is 28.7 Å². The highest BCUT2D eigenvalue weighted by atomic mass is 16.2. The van der Waals surface area contributed by atoms with Crippen molar-refractivity contribution in [3.8, 4) is 0 Å². The zero-order valence-electron chi connectivity index (χ0n) is 20.2. The largest absolute Gasteiger partial charge is 0.370 e. The van der Waals surface area contributed by atoms with Crippen molar-refractivity contribution in [3.63, 3.8) is 0 Å². The number of nitrogens with two attached hydrogens (primary N) is 1. The van der Waals surface area contributed by atoms with E-state index < -0.39 is 0 Å². The van der Waals surface area contributed by atoms with Gasteiger partial charge in [-0.1, -0.05) is 24.3 Å². The molecule has 3 aromatic rings. The van der Waals surface area contributed by atoms with Crippen LogP contribution in [-0.2, 0) is 0 Å². The maximum Gasteiger partial charge on any atom is 0.255 e. The van der Waals surface area contributed by atoms with Gasteiger partial charge in [-0.05, 0) is 66.7 Å². The first-order valence-electron chi connectivity index (χ1n) is 12.1. The van der Waals surface area contributed by atoms with E-state index in [1.54, 1.807) is 24.3 Å². The van der Waals surface area contributed by atoms with Gasteiger partial charge in [-0.3, -0.25) is 15.0 Å². The van der Waals surface area contributed by atoms with Gasteiger partial charge < -0.3 is 26.2 Å². The summed E-state index contributed by atoms with van der Waals surface area (Å²) in [5.41, 5.74) is 10.4. The van der Waals surface area contributed by atoms with Crippen molar-refractivity contribution in [2.24, 2.45) is 5.73 Å². The van der Waals surface area contributed by atoms with Crippen LogP contribution < -0.4 is 16.4 Å². The van der Waals surface area contributed by atoms with E-state index in [4.69, 9.17) is 11.1 Å². The Hall–Kier alpha value is -4.17. The Bertz CT molecular complexity index is 1260. The number of rotatable bonds is 6. The molecule has 8 heteroatoms. The van der Waals surface area contributed by atoms with Crippen LogP contribution in [0.2, 0.25) is 0 Å². The van der Waals surface area contributed by atoms with Crippen LogP contribution in [0.5, 0.6) is 0 Å². The minimum absolute atomic E-state index is 0.102. The van der Waals surface area contributed by atoms with Gasteiger partial charge in [0, 0.05) is 60.5 Å². The molecule has 36 heavy (non-hydrogen) atoms. The van der Waals surface area contributed by atoms with Gasteiger partial charge in [0.15, 0.2) is 5.96 Å². The minimum atomic E-state index is -0.238.